The predicted molar refractivity (Wildman–Crippen MR) is 161 cm³/mol. The van der Waals surface area contributed by atoms with Crippen molar-refractivity contribution in [2.45, 2.75) is 71.2 Å². The fourth-order valence-corrected chi connectivity index (χ4v) is 7.88. The van der Waals surface area contributed by atoms with Gasteiger partial charge in [0.05, 0.1) is 17.7 Å². The molecule has 0 saturated carbocycles. The molecule has 8 heteroatoms. The lowest BCUT2D eigenvalue weighted by Gasteiger charge is -2.34. The maximum Gasteiger partial charge on any atom is 0.341 e. The number of thioether (sulfide) groups is 1. The van der Waals surface area contributed by atoms with E-state index >= 15 is 0 Å². The van der Waals surface area contributed by atoms with E-state index in [4.69, 9.17) is 9.72 Å². The number of benzene rings is 1. The van der Waals surface area contributed by atoms with Gasteiger partial charge in [0.2, 0.25) is 5.91 Å². The second kappa shape index (κ2) is 11.8. The second-order valence-corrected chi connectivity index (χ2v) is 13.6. The number of rotatable bonds is 7. The maximum absolute atomic E-state index is 13.1. The van der Waals surface area contributed by atoms with Gasteiger partial charge in [-0.25, -0.2) is 9.78 Å². The van der Waals surface area contributed by atoms with E-state index < -0.39 is 5.97 Å². The molecule has 3 aromatic rings. The number of esters is 1. The molecule has 0 spiro atoms. The van der Waals surface area contributed by atoms with Crippen LogP contribution in [0.1, 0.15) is 78.8 Å². The Hall–Kier alpha value is -3.15. The number of ether oxygens (including phenoxy) is 1. The number of amides is 1. The third kappa shape index (κ3) is 5.82. The number of fused-ring (bicyclic) bond motifs is 4. The van der Waals surface area contributed by atoms with Gasteiger partial charge in [-0.2, -0.15) is 5.26 Å². The van der Waals surface area contributed by atoms with Gasteiger partial charge < -0.3 is 10.1 Å². The molecule has 1 unspecified atom stereocenters. The number of anilines is 1. The van der Waals surface area contributed by atoms with Crippen LogP contribution < -0.4 is 5.32 Å². The summed E-state index contributed by atoms with van der Waals surface area (Å²) < 4.78 is 5.37. The minimum atomic E-state index is -0.394. The maximum atomic E-state index is 13.1. The number of aromatic nitrogens is 1. The number of nitrogens with zero attached hydrogens (tertiary/aromatic N) is 2. The summed E-state index contributed by atoms with van der Waals surface area (Å²) in [7, 11) is 0. The Kier molecular flexibility index (Phi) is 8.34. The number of aryl methyl sites for hydroxylation is 2. The molecule has 2 aliphatic carbocycles. The molecule has 2 aromatic heterocycles. The molecule has 1 aromatic carbocycles. The molecule has 6 nitrogen and oxygen atoms in total. The minimum absolute atomic E-state index is 0.172. The number of thiophene rings is 1. The zero-order chi connectivity index (χ0) is 28.4. The number of nitrogens with one attached hydrogen (secondary N) is 1. The molecular formula is C32H35N3O3S2. The van der Waals surface area contributed by atoms with Crippen molar-refractivity contribution in [2.75, 3.05) is 17.7 Å². The van der Waals surface area contributed by atoms with Crippen LogP contribution in [0.25, 0.3) is 10.4 Å². The fourth-order valence-electron chi connectivity index (χ4n) is 5.65. The molecule has 5 rings (SSSR count). The first-order valence-electron chi connectivity index (χ1n) is 14.0. The number of hydrogen-bond donors (Lipinski definition) is 1. The van der Waals surface area contributed by atoms with Gasteiger partial charge in [0.1, 0.15) is 16.1 Å². The SMILES string of the molecule is CCOC(=O)c1c(NC(=O)CCSc2nc3c(cc2C#N)CC(C(C)(C)C)CC3)sc2c1CCc1ccccc1-2. The molecule has 0 radical (unpaired) electrons. The molecule has 2 heterocycles. The van der Waals surface area contributed by atoms with Crippen molar-refractivity contribution in [3.63, 3.8) is 0 Å². The van der Waals surface area contributed by atoms with Crippen LogP contribution in [0, 0.1) is 22.7 Å². The Bertz CT molecular complexity index is 1500. The average Bonchev–Trinajstić information content (AvgIpc) is 3.30. The summed E-state index contributed by atoms with van der Waals surface area (Å²) in [4.78, 5) is 31.9. The molecule has 0 aliphatic heterocycles. The van der Waals surface area contributed by atoms with E-state index in [9.17, 15) is 14.9 Å². The van der Waals surface area contributed by atoms with Crippen molar-refractivity contribution in [3.05, 3.63) is 63.8 Å². The Morgan fingerprint density at radius 2 is 2.00 bits per heavy atom. The number of nitriles is 1. The lowest BCUT2D eigenvalue weighted by Crippen LogP contribution is -2.27. The van der Waals surface area contributed by atoms with Crippen LogP contribution in [0.3, 0.4) is 0 Å². The number of hydrogen-bond acceptors (Lipinski definition) is 7. The van der Waals surface area contributed by atoms with Crippen molar-refractivity contribution >= 4 is 40.0 Å². The zero-order valence-electron chi connectivity index (χ0n) is 23.6. The third-order valence-corrected chi connectivity index (χ3v) is 10.1. The Balaban J connectivity index is 1.29. The molecule has 1 amide bonds. The highest BCUT2D eigenvalue weighted by molar-refractivity contribution is 7.99. The van der Waals surface area contributed by atoms with Crippen LogP contribution in [0.4, 0.5) is 5.00 Å². The van der Waals surface area contributed by atoms with Crippen molar-refractivity contribution in [1.82, 2.24) is 4.98 Å². The van der Waals surface area contributed by atoms with Gasteiger partial charge in [-0.3, -0.25) is 4.79 Å². The highest BCUT2D eigenvalue weighted by Gasteiger charge is 2.31. The quantitative estimate of drug-likeness (QED) is 0.237. The van der Waals surface area contributed by atoms with Crippen molar-refractivity contribution in [2.24, 2.45) is 11.3 Å². The second-order valence-electron chi connectivity index (χ2n) is 11.5. The Morgan fingerprint density at radius 1 is 1.20 bits per heavy atom. The van der Waals surface area contributed by atoms with E-state index in [0.717, 1.165) is 53.8 Å². The van der Waals surface area contributed by atoms with E-state index in [1.807, 2.05) is 18.2 Å². The van der Waals surface area contributed by atoms with Crippen LogP contribution in [0.2, 0.25) is 0 Å². The van der Waals surface area contributed by atoms with Crippen LogP contribution in [0.15, 0.2) is 35.4 Å². The number of carbonyl (C=O) groups is 2. The number of pyridine rings is 1. The first-order valence-corrected chi connectivity index (χ1v) is 15.8. The molecule has 40 heavy (non-hydrogen) atoms. The lowest BCUT2D eigenvalue weighted by atomic mass is 9.71. The summed E-state index contributed by atoms with van der Waals surface area (Å²) >= 11 is 2.89. The van der Waals surface area contributed by atoms with E-state index in [0.29, 0.717) is 32.8 Å². The summed E-state index contributed by atoms with van der Waals surface area (Å²) in [6.45, 7) is 8.88. The molecular weight excluding hydrogens is 539 g/mol. The molecule has 0 saturated heterocycles. The molecule has 1 N–H and O–H groups in total. The van der Waals surface area contributed by atoms with E-state index in [-0.39, 0.29) is 24.3 Å². The lowest BCUT2D eigenvalue weighted by molar-refractivity contribution is -0.115. The standard InChI is InChI=1S/C32H35N3O3S2/c1-5-38-31(37)27-24-12-10-19-8-6-7-9-23(19)28(24)40-30(27)35-26(36)14-15-39-29-21(18-33)16-20-17-22(32(2,3)4)11-13-25(20)34-29/h6-9,16,22H,5,10-15,17H2,1-4H3,(H,35,36). The third-order valence-electron chi connectivity index (χ3n) is 7.91. The van der Waals surface area contributed by atoms with Crippen molar-refractivity contribution in [3.8, 4) is 16.5 Å². The van der Waals surface area contributed by atoms with Crippen molar-refractivity contribution in [1.29, 1.82) is 5.26 Å². The normalized spacial score (nSPS) is 15.8. The fraction of sp³-hybridized carbons (Fsp3) is 0.438. The first kappa shape index (κ1) is 28.4. The highest BCUT2D eigenvalue weighted by Crippen LogP contribution is 2.45. The smallest absolute Gasteiger partial charge is 0.341 e. The topological polar surface area (TPSA) is 92.1 Å². The predicted octanol–water partition coefficient (Wildman–Crippen LogP) is 7.23. The molecule has 0 fully saturated rings. The number of carbonyl (C=O) groups excluding carboxylic acids is 2. The van der Waals surface area contributed by atoms with Gasteiger partial charge in [-0.05, 0) is 78.7 Å². The molecule has 1 atom stereocenters. The van der Waals surface area contributed by atoms with Gasteiger partial charge in [-0.1, -0.05) is 45.0 Å². The van der Waals surface area contributed by atoms with Gasteiger partial charge in [0.15, 0.2) is 0 Å². The van der Waals surface area contributed by atoms with Crippen LogP contribution in [0.5, 0.6) is 0 Å². The summed E-state index contributed by atoms with van der Waals surface area (Å²) in [5.74, 6) is 0.495. The minimum Gasteiger partial charge on any atom is -0.462 e. The van der Waals surface area contributed by atoms with E-state index in [1.165, 1.54) is 34.2 Å². The molecule has 2 aliphatic rings. The Morgan fingerprint density at radius 3 is 2.75 bits per heavy atom. The molecule has 0 bridgehead atoms. The summed E-state index contributed by atoms with van der Waals surface area (Å²) in [5.41, 5.74) is 6.87. The van der Waals surface area contributed by atoms with Crippen molar-refractivity contribution < 1.29 is 14.3 Å². The van der Waals surface area contributed by atoms with Gasteiger partial charge in [-0.15, -0.1) is 23.1 Å². The zero-order valence-corrected chi connectivity index (χ0v) is 25.2. The monoisotopic (exact) mass is 573 g/mol. The van der Waals surface area contributed by atoms with Gasteiger partial charge >= 0.3 is 5.97 Å². The van der Waals surface area contributed by atoms with Crippen LogP contribution >= 0.6 is 23.1 Å². The summed E-state index contributed by atoms with van der Waals surface area (Å²) in [5, 5.41) is 14.0. The summed E-state index contributed by atoms with van der Waals surface area (Å²) in [6.07, 6.45) is 4.79. The first-order chi connectivity index (χ1) is 19.2. The largest absolute Gasteiger partial charge is 0.462 e. The summed E-state index contributed by atoms with van der Waals surface area (Å²) in [6, 6.07) is 12.5. The molecule has 208 valence electrons. The van der Waals surface area contributed by atoms with Gasteiger partial charge in [0.25, 0.3) is 0 Å². The van der Waals surface area contributed by atoms with Crippen LogP contribution in [-0.2, 0) is 35.2 Å². The van der Waals surface area contributed by atoms with E-state index in [1.54, 1.807) is 6.92 Å². The highest BCUT2D eigenvalue weighted by atomic mass is 32.2. The van der Waals surface area contributed by atoms with Crippen LogP contribution in [-0.4, -0.2) is 29.2 Å². The Labute approximate surface area is 244 Å². The van der Waals surface area contributed by atoms with Gasteiger partial charge in [0, 0.05) is 22.7 Å². The average molecular weight is 574 g/mol. The van der Waals surface area contributed by atoms with E-state index in [2.05, 4.69) is 44.3 Å².